The van der Waals surface area contributed by atoms with E-state index in [-0.39, 0.29) is 0 Å². The molecule has 138 valence electrons. The molecule has 0 aliphatic rings. The first-order valence-electron chi connectivity index (χ1n) is 8.52. The van der Waals surface area contributed by atoms with E-state index in [1.54, 1.807) is 6.20 Å². The Morgan fingerprint density at radius 3 is 2.30 bits per heavy atom. The molecule has 0 unspecified atom stereocenters. The maximum atomic E-state index is 11.4. The Balaban J connectivity index is 1.58. The maximum absolute atomic E-state index is 11.4. The SMILES string of the molecule is COC(=O)[C@H](N)Cc1ccc(Oc2ccc(Nc3ccccn3)cc2)cc1. The summed E-state index contributed by atoms with van der Waals surface area (Å²) in [6, 6.07) is 20.1. The number of aromatic nitrogens is 1. The van der Waals surface area contributed by atoms with Gasteiger partial charge in [0.2, 0.25) is 0 Å². The Hall–Kier alpha value is -3.38. The van der Waals surface area contributed by atoms with Gasteiger partial charge in [-0.05, 0) is 60.5 Å². The molecule has 0 saturated heterocycles. The number of nitrogens with one attached hydrogen (secondary N) is 1. The number of nitrogens with zero attached hydrogens (tertiary/aromatic N) is 1. The summed E-state index contributed by atoms with van der Waals surface area (Å²) in [5, 5.41) is 3.22. The Bertz CT molecular complexity index is 865. The number of methoxy groups -OCH3 is 1. The molecule has 6 nitrogen and oxygen atoms in total. The van der Waals surface area contributed by atoms with Crippen LogP contribution in [0.3, 0.4) is 0 Å². The number of hydrogen-bond acceptors (Lipinski definition) is 6. The molecule has 1 atom stereocenters. The largest absolute Gasteiger partial charge is 0.468 e. The number of ether oxygens (including phenoxy) is 2. The van der Waals surface area contributed by atoms with E-state index in [0.717, 1.165) is 22.8 Å². The first-order valence-corrected chi connectivity index (χ1v) is 8.52. The van der Waals surface area contributed by atoms with Gasteiger partial charge in [0.05, 0.1) is 7.11 Å². The summed E-state index contributed by atoms with van der Waals surface area (Å²) in [4.78, 5) is 15.6. The molecule has 1 aromatic heterocycles. The van der Waals surface area contributed by atoms with Crippen molar-refractivity contribution in [2.75, 3.05) is 12.4 Å². The number of pyridine rings is 1. The number of hydrogen-bond donors (Lipinski definition) is 2. The Labute approximate surface area is 158 Å². The number of carbonyl (C=O) groups is 1. The standard InChI is InChI=1S/C21H21N3O3/c1-26-21(25)19(22)14-15-5-9-17(10-6-15)27-18-11-7-16(8-12-18)24-20-4-2-3-13-23-20/h2-13,19H,14,22H2,1H3,(H,23,24)/t19-/m1/s1. The Morgan fingerprint density at radius 1 is 1.04 bits per heavy atom. The van der Waals surface area contributed by atoms with Crippen LogP contribution in [0.15, 0.2) is 72.9 Å². The van der Waals surface area contributed by atoms with E-state index in [4.69, 9.17) is 10.5 Å². The summed E-state index contributed by atoms with van der Waals surface area (Å²) >= 11 is 0. The van der Waals surface area contributed by atoms with Gasteiger partial charge in [-0.25, -0.2) is 4.98 Å². The minimum Gasteiger partial charge on any atom is -0.468 e. The number of rotatable bonds is 7. The van der Waals surface area contributed by atoms with Crippen LogP contribution in [0.2, 0.25) is 0 Å². The molecule has 0 bridgehead atoms. The lowest BCUT2D eigenvalue weighted by Crippen LogP contribution is -2.33. The van der Waals surface area contributed by atoms with Crippen LogP contribution in [0.1, 0.15) is 5.56 Å². The van der Waals surface area contributed by atoms with Crippen molar-refractivity contribution in [2.24, 2.45) is 5.73 Å². The highest BCUT2D eigenvalue weighted by Gasteiger charge is 2.14. The second-order valence-electron chi connectivity index (χ2n) is 5.94. The van der Waals surface area contributed by atoms with Crippen LogP contribution in [0.5, 0.6) is 11.5 Å². The van der Waals surface area contributed by atoms with Gasteiger partial charge in [-0.3, -0.25) is 4.79 Å². The number of benzene rings is 2. The number of esters is 1. The van der Waals surface area contributed by atoms with Gasteiger partial charge in [0.25, 0.3) is 0 Å². The van der Waals surface area contributed by atoms with E-state index >= 15 is 0 Å². The van der Waals surface area contributed by atoms with Crippen molar-refractivity contribution in [1.82, 2.24) is 4.98 Å². The molecular weight excluding hydrogens is 342 g/mol. The summed E-state index contributed by atoms with van der Waals surface area (Å²) < 4.78 is 10.5. The lowest BCUT2D eigenvalue weighted by atomic mass is 10.1. The molecule has 3 rings (SSSR count). The fraction of sp³-hybridized carbons (Fsp3) is 0.143. The summed E-state index contributed by atoms with van der Waals surface area (Å²) in [5.74, 6) is 1.79. The van der Waals surface area contributed by atoms with Crippen LogP contribution < -0.4 is 15.8 Å². The zero-order valence-corrected chi connectivity index (χ0v) is 15.0. The molecule has 0 saturated carbocycles. The van der Waals surface area contributed by atoms with Gasteiger partial charge in [0, 0.05) is 11.9 Å². The normalized spacial score (nSPS) is 11.5. The van der Waals surface area contributed by atoms with Crippen molar-refractivity contribution in [2.45, 2.75) is 12.5 Å². The summed E-state index contributed by atoms with van der Waals surface area (Å²) in [7, 11) is 1.33. The van der Waals surface area contributed by atoms with Gasteiger partial charge in [-0.2, -0.15) is 0 Å². The van der Waals surface area contributed by atoms with Crippen LogP contribution in [0.25, 0.3) is 0 Å². The molecule has 0 aliphatic heterocycles. The number of nitrogens with two attached hydrogens (primary N) is 1. The van der Waals surface area contributed by atoms with Crippen molar-refractivity contribution < 1.29 is 14.3 Å². The van der Waals surface area contributed by atoms with Crippen LogP contribution in [0.4, 0.5) is 11.5 Å². The molecule has 1 heterocycles. The molecule has 0 radical (unpaired) electrons. The maximum Gasteiger partial charge on any atom is 0.322 e. The second kappa shape index (κ2) is 8.82. The first-order chi connectivity index (χ1) is 13.1. The van der Waals surface area contributed by atoms with E-state index in [2.05, 4.69) is 15.0 Å². The molecule has 3 aromatic rings. The quantitative estimate of drug-likeness (QED) is 0.623. The van der Waals surface area contributed by atoms with E-state index in [9.17, 15) is 4.79 Å². The fourth-order valence-electron chi connectivity index (χ4n) is 2.51. The zero-order valence-electron chi connectivity index (χ0n) is 15.0. The summed E-state index contributed by atoms with van der Waals surface area (Å²) in [5.41, 5.74) is 7.64. The highest BCUT2D eigenvalue weighted by atomic mass is 16.5. The lowest BCUT2D eigenvalue weighted by Gasteiger charge is -2.11. The van der Waals surface area contributed by atoms with Crippen molar-refractivity contribution >= 4 is 17.5 Å². The van der Waals surface area contributed by atoms with E-state index < -0.39 is 12.0 Å². The average Bonchev–Trinajstić information content (AvgIpc) is 2.71. The van der Waals surface area contributed by atoms with Crippen molar-refractivity contribution in [1.29, 1.82) is 0 Å². The third-order valence-electron chi connectivity index (χ3n) is 3.91. The van der Waals surface area contributed by atoms with Gasteiger partial charge in [0.1, 0.15) is 23.4 Å². The van der Waals surface area contributed by atoms with Gasteiger partial charge in [-0.1, -0.05) is 18.2 Å². The molecule has 2 aromatic carbocycles. The van der Waals surface area contributed by atoms with E-state index in [1.165, 1.54) is 7.11 Å². The van der Waals surface area contributed by atoms with Crippen molar-refractivity contribution in [3.8, 4) is 11.5 Å². The van der Waals surface area contributed by atoms with Crippen molar-refractivity contribution in [3.63, 3.8) is 0 Å². The first kappa shape index (κ1) is 18.4. The number of anilines is 2. The highest BCUT2D eigenvalue weighted by molar-refractivity contribution is 5.75. The smallest absolute Gasteiger partial charge is 0.322 e. The topological polar surface area (TPSA) is 86.5 Å². The van der Waals surface area contributed by atoms with Crippen LogP contribution >= 0.6 is 0 Å². The molecular formula is C21H21N3O3. The van der Waals surface area contributed by atoms with Crippen LogP contribution in [-0.2, 0) is 16.0 Å². The second-order valence-corrected chi connectivity index (χ2v) is 5.94. The van der Waals surface area contributed by atoms with E-state index in [0.29, 0.717) is 12.2 Å². The van der Waals surface area contributed by atoms with Crippen LogP contribution in [-0.4, -0.2) is 24.1 Å². The van der Waals surface area contributed by atoms with Gasteiger partial charge >= 0.3 is 5.97 Å². The molecule has 0 aliphatic carbocycles. The third-order valence-corrected chi connectivity index (χ3v) is 3.91. The predicted octanol–water partition coefficient (Wildman–Crippen LogP) is 3.66. The summed E-state index contributed by atoms with van der Waals surface area (Å²) in [6.45, 7) is 0. The monoisotopic (exact) mass is 363 g/mol. The lowest BCUT2D eigenvalue weighted by molar-refractivity contribution is -0.142. The third kappa shape index (κ3) is 5.29. The molecule has 0 spiro atoms. The molecule has 3 N–H and O–H groups in total. The highest BCUT2D eigenvalue weighted by Crippen LogP contribution is 2.24. The van der Waals surface area contributed by atoms with Crippen molar-refractivity contribution in [3.05, 3.63) is 78.5 Å². The minimum atomic E-state index is -0.666. The number of carbonyl (C=O) groups excluding carboxylic acids is 1. The Kier molecular flexibility index (Phi) is 6.02. The van der Waals surface area contributed by atoms with Gasteiger partial charge < -0.3 is 20.5 Å². The molecule has 0 amide bonds. The van der Waals surface area contributed by atoms with Gasteiger partial charge in [0.15, 0.2) is 0 Å². The Morgan fingerprint density at radius 2 is 1.70 bits per heavy atom. The predicted molar refractivity (Wildman–Crippen MR) is 104 cm³/mol. The summed E-state index contributed by atoms with van der Waals surface area (Å²) in [6.07, 6.45) is 2.16. The van der Waals surface area contributed by atoms with E-state index in [1.807, 2.05) is 66.7 Å². The zero-order chi connectivity index (χ0) is 19.1. The molecule has 27 heavy (non-hydrogen) atoms. The average molecular weight is 363 g/mol. The van der Waals surface area contributed by atoms with Gasteiger partial charge in [-0.15, -0.1) is 0 Å². The fourth-order valence-corrected chi connectivity index (χ4v) is 2.51. The van der Waals surface area contributed by atoms with Crippen LogP contribution in [0, 0.1) is 0 Å². The molecule has 0 fully saturated rings. The minimum absolute atomic E-state index is 0.418. The molecule has 6 heteroatoms.